The zero-order chi connectivity index (χ0) is 19.7. The smallest absolute Gasteiger partial charge is 0.328 e. The van der Waals surface area contributed by atoms with Crippen molar-refractivity contribution in [3.05, 3.63) is 35.9 Å². The van der Waals surface area contributed by atoms with E-state index in [0.717, 1.165) is 5.56 Å². The highest BCUT2D eigenvalue weighted by Gasteiger charge is 2.29. The van der Waals surface area contributed by atoms with Gasteiger partial charge in [-0.15, -0.1) is 0 Å². The van der Waals surface area contributed by atoms with Gasteiger partial charge in [0.25, 0.3) is 0 Å². The standard InChI is InChI=1S/C16H20N2O7S/c19-8-11(16(24)25)18-14(22)10(7-13(20)21)17-15(23)12(26)6-9-4-2-1-3-5-9/h1-5,10-12,19,26H,6-8H2,(H,17,23)(H,18,22)(H,20,21)(H,24,25)/t10?,11-,12-/m0/s1. The zero-order valence-electron chi connectivity index (χ0n) is 13.7. The number of carbonyl (C=O) groups excluding carboxylic acids is 2. The van der Waals surface area contributed by atoms with Crippen LogP contribution in [0.3, 0.4) is 0 Å². The Hall–Kier alpha value is -2.59. The van der Waals surface area contributed by atoms with Crippen LogP contribution in [0.1, 0.15) is 12.0 Å². The molecule has 2 amide bonds. The van der Waals surface area contributed by atoms with Crippen molar-refractivity contribution in [2.24, 2.45) is 0 Å². The van der Waals surface area contributed by atoms with E-state index in [4.69, 9.17) is 15.3 Å². The van der Waals surface area contributed by atoms with Gasteiger partial charge in [-0.1, -0.05) is 30.3 Å². The number of aliphatic hydroxyl groups is 1. The molecular weight excluding hydrogens is 364 g/mol. The van der Waals surface area contributed by atoms with E-state index in [9.17, 15) is 19.2 Å². The summed E-state index contributed by atoms with van der Waals surface area (Å²) in [5.74, 6) is -4.55. The molecule has 1 rings (SSSR count). The molecule has 0 bridgehead atoms. The lowest BCUT2D eigenvalue weighted by molar-refractivity contribution is -0.144. The molecule has 0 saturated carbocycles. The van der Waals surface area contributed by atoms with Crippen molar-refractivity contribution in [2.75, 3.05) is 6.61 Å². The molecule has 1 unspecified atom stereocenters. The molecule has 0 heterocycles. The lowest BCUT2D eigenvalue weighted by Gasteiger charge is -2.21. The molecule has 142 valence electrons. The van der Waals surface area contributed by atoms with Gasteiger partial charge < -0.3 is 26.0 Å². The normalized spacial score (nSPS) is 13.9. The highest BCUT2D eigenvalue weighted by Crippen LogP contribution is 2.08. The summed E-state index contributed by atoms with van der Waals surface area (Å²) in [5.41, 5.74) is 0.827. The Morgan fingerprint density at radius 3 is 2.04 bits per heavy atom. The molecule has 0 aliphatic heterocycles. The minimum Gasteiger partial charge on any atom is -0.481 e. The van der Waals surface area contributed by atoms with E-state index in [1.54, 1.807) is 24.3 Å². The van der Waals surface area contributed by atoms with Gasteiger partial charge in [0.2, 0.25) is 11.8 Å². The number of rotatable bonds is 10. The van der Waals surface area contributed by atoms with Gasteiger partial charge in [-0.05, 0) is 12.0 Å². The monoisotopic (exact) mass is 384 g/mol. The maximum Gasteiger partial charge on any atom is 0.328 e. The summed E-state index contributed by atoms with van der Waals surface area (Å²) in [6.45, 7) is -0.877. The van der Waals surface area contributed by atoms with Gasteiger partial charge in [0.15, 0.2) is 0 Å². The van der Waals surface area contributed by atoms with Gasteiger partial charge in [0.1, 0.15) is 12.1 Å². The van der Waals surface area contributed by atoms with Crippen LogP contribution in [0.2, 0.25) is 0 Å². The number of aliphatic hydroxyl groups excluding tert-OH is 1. The van der Waals surface area contributed by atoms with Crippen LogP contribution in [0.5, 0.6) is 0 Å². The van der Waals surface area contributed by atoms with Crippen LogP contribution in [0.4, 0.5) is 0 Å². The van der Waals surface area contributed by atoms with Crippen LogP contribution < -0.4 is 10.6 Å². The largest absolute Gasteiger partial charge is 0.481 e. The number of amides is 2. The minimum absolute atomic E-state index is 0.256. The molecule has 10 heteroatoms. The average molecular weight is 384 g/mol. The number of carboxylic acids is 2. The van der Waals surface area contributed by atoms with Crippen LogP contribution in [0.15, 0.2) is 30.3 Å². The van der Waals surface area contributed by atoms with Gasteiger partial charge in [0, 0.05) is 0 Å². The quantitative estimate of drug-likeness (QED) is 0.284. The average Bonchev–Trinajstić information content (AvgIpc) is 2.58. The van der Waals surface area contributed by atoms with Crippen molar-refractivity contribution in [1.29, 1.82) is 0 Å². The summed E-state index contributed by atoms with van der Waals surface area (Å²) in [7, 11) is 0. The van der Waals surface area contributed by atoms with E-state index in [0.29, 0.717) is 0 Å². The maximum atomic E-state index is 12.2. The Balaban J connectivity index is 2.76. The first kappa shape index (κ1) is 21.5. The van der Waals surface area contributed by atoms with Crippen LogP contribution in [-0.4, -0.2) is 63.0 Å². The van der Waals surface area contributed by atoms with Crippen LogP contribution in [0.25, 0.3) is 0 Å². The van der Waals surface area contributed by atoms with Crippen LogP contribution in [0, 0.1) is 0 Å². The third kappa shape index (κ3) is 7.11. The number of thiol groups is 1. The maximum absolute atomic E-state index is 12.2. The molecule has 9 nitrogen and oxygen atoms in total. The summed E-state index contributed by atoms with van der Waals surface area (Å²) in [4.78, 5) is 46.1. The van der Waals surface area contributed by atoms with E-state index in [2.05, 4.69) is 17.9 Å². The molecule has 1 aromatic carbocycles. The number of hydrogen-bond acceptors (Lipinski definition) is 6. The lowest BCUT2D eigenvalue weighted by Crippen LogP contribution is -2.54. The predicted octanol–water partition coefficient (Wildman–Crippen LogP) is -0.951. The number of aliphatic carboxylic acids is 2. The molecule has 1 aromatic rings. The molecule has 5 N–H and O–H groups in total. The molecular formula is C16H20N2O7S. The van der Waals surface area contributed by atoms with Crippen molar-refractivity contribution in [1.82, 2.24) is 10.6 Å². The molecule has 0 saturated heterocycles. The fraction of sp³-hybridized carbons (Fsp3) is 0.375. The van der Waals surface area contributed by atoms with Crippen LogP contribution in [-0.2, 0) is 25.6 Å². The van der Waals surface area contributed by atoms with Crippen molar-refractivity contribution >= 4 is 36.4 Å². The number of carboxylic acid groups (broad SMARTS) is 2. The number of benzene rings is 1. The minimum atomic E-state index is -1.60. The zero-order valence-corrected chi connectivity index (χ0v) is 14.6. The van der Waals surface area contributed by atoms with Gasteiger partial charge in [-0.3, -0.25) is 14.4 Å². The third-order valence-electron chi connectivity index (χ3n) is 3.38. The van der Waals surface area contributed by atoms with Crippen molar-refractivity contribution in [3.8, 4) is 0 Å². The molecule has 0 aliphatic rings. The van der Waals surface area contributed by atoms with Crippen molar-refractivity contribution in [2.45, 2.75) is 30.2 Å². The van der Waals surface area contributed by atoms with E-state index < -0.39 is 54.1 Å². The summed E-state index contributed by atoms with van der Waals surface area (Å²) in [6, 6.07) is 5.85. The first-order valence-corrected chi connectivity index (χ1v) is 8.14. The molecule has 0 aliphatic carbocycles. The first-order chi connectivity index (χ1) is 12.2. The predicted molar refractivity (Wildman–Crippen MR) is 93.8 cm³/mol. The molecule has 0 aromatic heterocycles. The second-order valence-corrected chi connectivity index (χ2v) is 6.07. The van der Waals surface area contributed by atoms with Gasteiger partial charge >= 0.3 is 11.9 Å². The van der Waals surface area contributed by atoms with Crippen molar-refractivity contribution in [3.63, 3.8) is 0 Å². The summed E-state index contributed by atoms with van der Waals surface area (Å²) in [6.07, 6.45) is -0.493. The fourth-order valence-corrected chi connectivity index (χ4v) is 2.33. The van der Waals surface area contributed by atoms with E-state index >= 15 is 0 Å². The van der Waals surface area contributed by atoms with E-state index in [1.807, 2.05) is 11.4 Å². The SMILES string of the molecule is O=C(O)CC(NC(=O)[C@@H](S)Cc1ccccc1)C(=O)N[C@@H](CO)C(=O)O. The Labute approximate surface area is 154 Å². The Morgan fingerprint density at radius 2 is 1.54 bits per heavy atom. The lowest BCUT2D eigenvalue weighted by atomic mass is 10.1. The number of carbonyl (C=O) groups is 4. The second-order valence-electron chi connectivity index (χ2n) is 5.45. The van der Waals surface area contributed by atoms with Gasteiger partial charge in [-0.25, -0.2) is 4.79 Å². The molecule has 0 spiro atoms. The topological polar surface area (TPSA) is 153 Å². The van der Waals surface area contributed by atoms with Gasteiger partial charge in [0.05, 0.1) is 18.3 Å². The van der Waals surface area contributed by atoms with E-state index in [-0.39, 0.29) is 6.42 Å². The summed E-state index contributed by atoms with van der Waals surface area (Å²) < 4.78 is 0. The van der Waals surface area contributed by atoms with Crippen LogP contribution >= 0.6 is 12.6 Å². The summed E-state index contributed by atoms with van der Waals surface area (Å²) >= 11 is 4.17. The first-order valence-electron chi connectivity index (χ1n) is 7.62. The number of nitrogens with one attached hydrogen (secondary N) is 2. The summed E-state index contributed by atoms with van der Waals surface area (Å²) in [5, 5.41) is 30.1. The number of hydrogen-bond donors (Lipinski definition) is 6. The molecule has 0 fully saturated rings. The Kier molecular flexibility index (Phi) is 8.59. The highest BCUT2D eigenvalue weighted by atomic mass is 32.1. The highest BCUT2D eigenvalue weighted by molar-refractivity contribution is 7.81. The molecule has 0 radical (unpaired) electrons. The van der Waals surface area contributed by atoms with Gasteiger partial charge in [-0.2, -0.15) is 12.6 Å². The molecule has 26 heavy (non-hydrogen) atoms. The Morgan fingerprint density at radius 1 is 0.962 bits per heavy atom. The fourth-order valence-electron chi connectivity index (χ4n) is 2.04. The second kappa shape index (κ2) is 10.4. The third-order valence-corrected chi connectivity index (χ3v) is 3.80. The van der Waals surface area contributed by atoms with Crippen molar-refractivity contribution < 1.29 is 34.5 Å². The Bertz CT molecular complexity index is 653. The van der Waals surface area contributed by atoms with E-state index in [1.165, 1.54) is 0 Å². The molecule has 3 atom stereocenters.